The summed E-state index contributed by atoms with van der Waals surface area (Å²) in [6, 6.07) is 15.8. The van der Waals surface area contributed by atoms with E-state index in [9.17, 15) is 4.39 Å². The summed E-state index contributed by atoms with van der Waals surface area (Å²) < 4.78 is 25.2. The van der Waals surface area contributed by atoms with Crippen molar-refractivity contribution in [3.63, 3.8) is 0 Å². The van der Waals surface area contributed by atoms with Crippen molar-refractivity contribution in [2.45, 2.75) is 18.6 Å². The summed E-state index contributed by atoms with van der Waals surface area (Å²) in [5, 5.41) is 0. The van der Waals surface area contributed by atoms with Gasteiger partial charge in [0.25, 0.3) is 0 Å². The van der Waals surface area contributed by atoms with Gasteiger partial charge in [0.2, 0.25) is 0 Å². The standard InChI is InChI=1S/C20H15ClFNO2/c21-10-18-20(25-15-4-2-1-3-5-15)17-12-24-19(16(17)11-23-18)13-6-8-14(22)9-7-13/h1-9,11,19H,10,12H2. The molecule has 0 amide bonds. The molecule has 0 radical (unpaired) electrons. The zero-order valence-corrected chi connectivity index (χ0v) is 14.0. The fraction of sp³-hybridized carbons (Fsp3) is 0.150. The minimum Gasteiger partial charge on any atom is -0.455 e. The van der Waals surface area contributed by atoms with Crippen LogP contribution in [0, 0.1) is 5.82 Å². The number of para-hydroxylation sites is 1. The number of hydrogen-bond donors (Lipinski definition) is 0. The highest BCUT2D eigenvalue weighted by molar-refractivity contribution is 6.17. The highest BCUT2D eigenvalue weighted by atomic mass is 35.5. The molecule has 1 aromatic heterocycles. The summed E-state index contributed by atoms with van der Waals surface area (Å²) in [6.07, 6.45) is 1.48. The van der Waals surface area contributed by atoms with Crippen molar-refractivity contribution in [1.29, 1.82) is 0 Å². The first-order chi connectivity index (χ1) is 12.3. The molecule has 4 rings (SSSR count). The molecule has 25 heavy (non-hydrogen) atoms. The Labute approximate surface area is 150 Å². The molecule has 1 aliphatic heterocycles. The molecule has 5 heteroatoms. The predicted molar refractivity (Wildman–Crippen MR) is 93.3 cm³/mol. The molecule has 0 saturated heterocycles. The summed E-state index contributed by atoms with van der Waals surface area (Å²) in [6.45, 7) is 0.395. The molecule has 0 fully saturated rings. The molecular weight excluding hydrogens is 341 g/mol. The van der Waals surface area contributed by atoms with Crippen molar-refractivity contribution in [3.8, 4) is 11.5 Å². The number of nitrogens with zero attached hydrogens (tertiary/aromatic N) is 1. The van der Waals surface area contributed by atoms with Crippen LogP contribution in [0.4, 0.5) is 4.39 Å². The van der Waals surface area contributed by atoms with Crippen molar-refractivity contribution >= 4 is 11.6 Å². The van der Waals surface area contributed by atoms with Crippen molar-refractivity contribution in [2.75, 3.05) is 0 Å². The number of pyridine rings is 1. The minimum absolute atomic E-state index is 0.247. The minimum atomic E-state index is -0.286. The van der Waals surface area contributed by atoms with Crippen LogP contribution in [0.2, 0.25) is 0 Å². The van der Waals surface area contributed by atoms with Crippen molar-refractivity contribution in [3.05, 3.63) is 89.0 Å². The highest BCUT2D eigenvalue weighted by Crippen LogP contribution is 2.42. The third-order valence-corrected chi connectivity index (χ3v) is 4.44. The Hall–Kier alpha value is -2.43. The van der Waals surface area contributed by atoms with E-state index in [2.05, 4.69) is 4.98 Å². The monoisotopic (exact) mass is 355 g/mol. The zero-order valence-electron chi connectivity index (χ0n) is 13.3. The van der Waals surface area contributed by atoms with Gasteiger partial charge in [-0.25, -0.2) is 4.39 Å². The fourth-order valence-corrected chi connectivity index (χ4v) is 3.15. The maximum Gasteiger partial charge on any atom is 0.156 e. The summed E-state index contributed by atoms with van der Waals surface area (Å²) >= 11 is 6.05. The van der Waals surface area contributed by atoms with Crippen LogP contribution < -0.4 is 4.74 Å². The van der Waals surface area contributed by atoms with E-state index in [0.717, 1.165) is 16.7 Å². The lowest BCUT2D eigenvalue weighted by atomic mass is 10.00. The summed E-state index contributed by atoms with van der Waals surface area (Å²) in [5.74, 6) is 1.33. The number of ether oxygens (including phenoxy) is 2. The lowest BCUT2D eigenvalue weighted by Crippen LogP contribution is -2.02. The number of fused-ring (bicyclic) bond motifs is 1. The number of benzene rings is 2. The molecule has 3 nitrogen and oxygen atoms in total. The molecule has 0 bridgehead atoms. The molecule has 2 heterocycles. The van der Waals surface area contributed by atoms with Crippen LogP contribution in [-0.2, 0) is 17.2 Å². The van der Waals surface area contributed by atoms with E-state index in [1.54, 1.807) is 18.3 Å². The maximum atomic E-state index is 13.2. The van der Waals surface area contributed by atoms with Gasteiger partial charge >= 0.3 is 0 Å². The zero-order chi connectivity index (χ0) is 17.2. The molecule has 126 valence electrons. The van der Waals surface area contributed by atoms with Crippen molar-refractivity contribution in [2.24, 2.45) is 0 Å². The number of aromatic nitrogens is 1. The van der Waals surface area contributed by atoms with Gasteiger partial charge in [-0.05, 0) is 29.8 Å². The van der Waals surface area contributed by atoms with Gasteiger partial charge in [0, 0.05) is 17.3 Å². The molecule has 1 unspecified atom stereocenters. The fourth-order valence-electron chi connectivity index (χ4n) is 2.96. The lowest BCUT2D eigenvalue weighted by molar-refractivity contribution is 0.0933. The summed E-state index contributed by atoms with van der Waals surface area (Å²) in [4.78, 5) is 4.45. The van der Waals surface area contributed by atoms with E-state index in [1.807, 2.05) is 30.3 Å². The Morgan fingerprint density at radius 1 is 1.12 bits per heavy atom. The van der Waals surface area contributed by atoms with Crippen LogP contribution in [0.25, 0.3) is 0 Å². The van der Waals surface area contributed by atoms with E-state index >= 15 is 0 Å². The first-order valence-electron chi connectivity index (χ1n) is 7.93. The lowest BCUT2D eigenvalue weighted by Gasteiger charge is -2.14. The normalized spacial score (nSPS) is 15.8. The van der Waals surface area contributed by atoms with E-state index in [-0.39, 0.29) is 17.8 Å². The van der Waals surface area contributed by atoms with Crippen LogP contribution in [-0.4, -0.2) is 4.98 Å². The topological polar surface area (TPSA) is 31.4 Å². The Morgan fingerprint density at radius 3 is 2.60 bits per heavy atom. The molecule has 0 aliphatic carbocycles. The number of alkyl halides is 1. The maximum absolute atomic E-state index is 13.2. The SMILES string of the molecule is Fc1ccc(C2OCc3c2cnc(CCl)c3Oc2ccccc2)cc1. The van der Waals surface area contributed by atoms with E-state index in [1.165, 1.54) is 12.1 Å². The second kappa shape index (κ2) is 6.82. The van der Waals surface area contributed by atoms with Crippen LogP contribution >= 0.6 is 11.6 Å². The van der Waals surface area contributed by atoms with Crippen LogP contribution in [0.3, 0.4) is 0 Å². The van der Waals surface area contributed by atoms with Crippen molar-refractivity contribution in [1.82, 2.24) is 4.98 Å². The van der Waals surface area contributed by atoms with E-state index in [4.69, 9.17) is 21.1 Å². The second-order valence-electron chi connectivity index (χ2n) is 5.76. The third-order valence-electron chi connectivity index (χ3n) is 4.18. The summed E-state index contributed by atoms with van der Waals surface area (Å²) in [5.41, 5.74) is 3.41. The Kier molecular flexibility index (Phi) is 4.38. The Balaban J connectivity index is 1.75. The van der Waals surface area contributed by atoms with Gasteiger partial charge in [0.1, 0.15) is 17.7 Å². The number of halogens is 2. The van der Waals surface area contributed by atoms with Gasteiger partial charge in [-0.1, -0.05) is 30.3 Å². The molecule has 0 spiro atoms. The largest absolute Gasteiger partial charge is 0.455 e. The number of rotatable bonds is 4. The second-order valence-corrected chi connectivity index (χ2v) is 6.03. The van der Waals surface area contributed by atoms with Gasteiger partial charge in [0.15, 0.2) is 5.75 Å². The van der Waals surface area contributed by atoms with E-state index in [0.29, 0.717) is 23.8 Å². The molecule has 3 aromatic rings. The third kappa shape index (κ3) is 3.11. The molecule has 1 aliphatic rings. The van der Waals surface area contributed by atoms with Crippen molar-refractivity contribution < 1.29 is 13.9 Å². The molecule has 0 N–H and O–H groups in total. The average Bonchev–Trinajstić information content (AvgIpc) is 3.08. The molecule has 0 saturated carbocycles. The first-order valence-corrected chi connectivity index (χ1v) is 8.46. The smallest absolute Gasteiger partial charge is 0.156 e. The van der Waals surface area contributed by atoms with Crippen LogP contribution in [0.15, 0.2) is 60.8 Å². The summed E-state index contributed by atoms with van der Waals surface area (Å²) in [7, 11) is 0. The van der Waals surface area contributed by atoms with Gasteiger partial charge in [0.05, 0.1) is 18.2 Å². The van der Waals surface area contributed by atoms with Gasteiger partial charge in [-0.3, -0.25) is 4.98 Å². The number of hydrogen-bond acceptors (Lipinski definition) is 3. The van der Waals surface area contributed by atoms with Gasteiger partial charge in [-0.15, -0.1) is 11.6 Å². The van der Waals surface area contributed by atoms with Gasteiger partial charge < -0.3 is 9.47 Å². The molecule has 2 aromatic carbocycles. The van der Waals surface area contributed by atoms with E-state index < -0.39 is 0 Å². The average molecular weight is 356 g/mol. The predicted octanol–water partition coefficient (Wildman–Crippen LogP) is 5.37. The van der Waals surface area contributed by atoms with Crippen LogP contribution in [0.1, 0.15) is 28.5 Å². The Bertz CT molecular complexity index is 884. The van der Waals surface area contributed by atoms with Gasteiger partial charge in [-0.2, -0.15) is 0 Å². The quantitative estimate of drug-likeness (QED) is 0.589. The molecule has 1 atom stereocenters. The first kappa shape index (κ1) is 16.1. The highest BCUT2D eigenvalue weighted by Gasteiger charge is 2.30. The Morgan fingerprint density at radius 2 is 1.88 bits per heavy atom. The molecular formula is C20H15ClFNO2. The van der Waals surface area contributed by atoms with Crippen LogP contribution in [0.5, 0.6) is 11.5 Å².